The zero-order chi connectivity index (χ0) is 29.0. The van der Waals surface area contributed by atoms with Gasteiger partial charge in [-0.1, -0.05) is 84.9 Å². The molecule has 0 radical (unpaired) electrons. The van der Waals surface area contributed by atoms with Crippen LogP contribution in [0.25, 0.3) is 78.4 Å². The summed E-state index contributed by atoms with van der Waals surface area (Å²) in [6.45, 7) is 0. The van der Waals surface area contributed by atoms with Gasteiger partial charge in [-0.2, -0.15) is 19.9 Å². The maximum Gasteiger partial charge on any atom is 0.238 e. The van der Waals surface area contributed by atoms with Gasteiger partial charge in [0.15, 0.2) is 11.3 Å². The minimum atomic E-state index is 0.483. The van der Waals surface area contributed by atoms with E-state index in [2.05, 4.69) is 9.97 Å². The molecule has 44 heavy (non-hydrogen) atoms. The number of nitrogens with one attached hydrogen (secondary N) is 2. The first-order valence-corrected chi connectivity index (χ1v) is 14.1. The Bertz CT molecular complexity index is 2430. The van der Waals surface area contributed by atoms with Crippen molar-refractivity contribution in [1.29, 1.82) is 0 Å². The maximum atomic E-state index is 5.02. The molecule has 8 bridgehead atoms. The van der Waals surface area contributed by atoms with E-state index in [1.165, 1.54) is 0 Å². The number of hydrogen-bond donors (Lipinski definition) is 2. The van der Waals surface area contributed by atoms with Crippen molar-refractivity contribution >= 4 is 67.0 Å². The second kappa shape index (κ2) is 9.57. The van der Waals surface area contributed by atoms with E-state index in [0.29, 0.717) is 45.4 Å². The predicted molar refractivity (Wildman–Crippen MR) is 172 cm³/mol. The van der Waals surface area contributed by atoms with Crippen LogP contribution < -0.4 is 0 Å². The molecule has 0 saturated carbocycles. The first-order valence-electron chi connectivity index (χ1n) is 14.1. The van der Waals surface area contributed by atoms with Crippen LogP contribution in [0, 0.1) is 0 Å². The number of imidazole rings is 2. The van der Waals surface area contributed by atoms with Gasteiger partial charge < -0.3 is 9.97 Å². The van der Waals surface area contributed by atoms with Crippen LogP contribution in [-0.4, -0.2) is 49.0 Å². The van der Waals surface area contributed by atoms with Crippen LogP contribution in [0.3, 0.4) is 0 Å². The van der Waals surface area contributed by atoms with Crippen molar-refractivity contribution in [1.82, 2.24) is 49.0 Å². The lowest BCUT2D eigenvalue weighted by Crippen LogP contribution is -1.93. The molecule has 208 valence electrons. The Kier molecular flexibility index (Phi) is 5.26. The van der Waals surface area contributed by atoms with E-state index in [-0.39, 0.29) is 0 Å². The molecule has 4 aromatic carbocycles. The monoisotopic (exact) mass is 570 g/mol. The molecule has 5 aromatic heterocycles. The molecule has 0 aliphatic rings. The van der Waals surface area contributed by atoms with Crippen molar-refractivity contribution in [2.24, 2.45) is 0 Å². The van der Waals surface area contributed by atoms with Crippen molar-refractivity contribution in [3.63, 3.8) is 0 Å². The van der Waals surface area contributed by atoms with E-state index < -0.39 is 0 Å². The summed E-state index contributed by atoms with van der Waals surface area (Å²) < 4.78 is 3.88. The number of rotatable bonds is 2. The van der Waals surface area contributed by atoms with Gasteiger partial charge >= 0.3 is 0 Å². The Hall–Kier alpha value is -6.42. The van der Waals surface area contributed by atoms with Gasteiger partial charge in [-0.05, 0) is 24.3 Å². The van der Waals surface area contributed by atoms with Crippen LogP contribution in [0.4, 0.5) is 0 Å². The van der Waals surface area contributed by atoms with Gasteiger partial charge in [-0.15, -0.1) is 0 Å². The number of benzene rings is 4. The topological polar surface area (TPSA) is 119 Å². The third-order valence-corrected chi connectivity index (χ3v) is 7.64. The van der Waals surface area contributed by atoms with Crippen LogP contribution in [0.5, 0.6) is 0 Å². The number of para-hydroxylation sites is 2. The molecule has 0 unspecified atom stereocenters. The lowest BCUT2D eigenvalue weighted by atomic mass is 10.2. The van der Waals surface area contributed by atoms with Crippen molar-refractivity contribution in [3.05, 3.63) is 122 Å². The third kappa shape index (κ3) is 3.97. The predicted octanol–water partition coefficient (Wildman–Crippen LogP) is 6.90. The highest BCUT2D eigenvalue weighted by atomic mass is 15.2. The van der Waals surface area contributed by atoms with Gasteiger partial charge in [0, 0.05) is 32.9 Å². The summed E-state index contributed by atoms with van der Waals surface area (Å²) in [4.78, 5) is 36.6. The highest BCUT2D eigenvalue weighted by molar-refractivity contribution is 6.05. The first kappa shape index (κ1) is 24.2. The molecule has 9 rings (SSSR count). The first-order chi connectivity index (χ1) is 21.8. The molecule has 5 heterocycles. The normalized spacial score (nSPS) is 11.6. The van der Waals surface area contributed by atoms with E-state index in [9.17, 15) is 0 Å². The highest BCUT2D eigenvalue weighted by Crippen LogP contribution is 2.25. The summed E-state index contributed by atoms with van der Waals surface area (Å²) >= 11 is 0. The van der Waals surface area contributed by atoms with Gasteiger partial charge in [0.1, 0.15) is 22.6 Å². The van der Waals surface area contributed by atoms with Gasteiger partial charge in [0.2, 0.25) is 11.6 Å². The average molecular weight is 571 g/mol. The summed E-state index contributed by atoms with van der Waals surface area (Å²) in [6, 6.07) is 36.0. The fourth-order valence-corrected chi connectivity index (χ4v) is 5.61. The third-order valence-electron chi connectivity index (χ3n) is 7.64. The van der Waals surface area contributed by atoms with Crippen molar-refractivity contribution in [3.8, 4) is 11.4 Å². The largest absolute Gasteiger partial charge is 0.324 e. The summed E-state index contributed by atoms with van der Waals surface area (Å²) in [7, 11) is 0. The molecular weight excluding hydrogens is 548 g/mol. The van der Waals surface area contributed by atoms with E-state index >= 15 is 0 Å². The highest BCUT2D eigenvalue weighted by Gasteiger charge is 2.12. The number of aromatic amines is 2. The maximum absolute atomic E-state index is 5.02. The Morgan fingerprint density at radius 1 is 0.364 bits per heavy atom. The number of nitrogens with zero attached hydrogens (tertiary/aromatic N) is 8. The average Bonchev–Trinajstić information content (AvgIpc) is 3.83. The standard InChI is InChI=1S/C34H22N10/c1-3-11-21(12-4-1)43-19-27-35-29-24-16-8-10-18-26(24)32(40-29)42-34-38-28(20-44(34)22-13-5-2-6-14-22)36-30-23-15-7-9-17-25(23)31(39-30)41-33(43)37-27/h1-20H,(H,36,37,39,41)(H,35,38,40,42). The molecule has 0 aliphatic carbocycles. The molecule has 0 atom stereocenters. The van der Waals surface area contributed by atoms with E-state index in [0.717, 1.165) is 32.9 Å². The van der Waals surface area contributed by atoms with Gasteiger partial charge in [-0.3, -0.25) is 9.13 Å². The fraction of sp³-hybridized carbons (Fsp3) is 0. The minimum absolute atomic E-state index is 0.483. The van der Waals surface area contributed by atoms with Crippen molar-refractivity contribution in [2.75, 3.05) is 0 Å². The van der Waals surface area contributed by atoms with E-state index in [1.54, 1.807) is 0 Å². The SMILES string of the molecule is c1ccc(-n2cc3nc4[nH]c(nc5nc(cn5-c5ccccc5)nc5[nH]c(nc2n3)c2ccccc52)c2ccccc42)cc1. The molecule has 0 saturated heterocycles. The van der Waals surface area contributed by atoms with Crippen molar-refractivity contribution in [2.45, 2.75) is 0 Å². The molecule has 0 aliphatic heterocycles. The fourth-order valence-electron chi connectivity index (χ4n) is 5.61. The molecule has 0 fully saturated rings. The van der Waals surface area contributed by atoms with Crippen LogP contribution in [0.15, 0.2) is 122 Å². The van der Waals surface area contributed by atoms with Crippen LogP contribution >= 0.6 is 0 Å². The molecule has 0 amide bonds. The lowest BCUT2D eigenvalue weighted by Gasteiger charge is -2.00. The van der Waals surface area contributed by atoms with E-state index in [4.69, 9.17) is 29.9 Å². The molecule has 0 spiro atoms. The number of aromatic nitrogens is 10. The summed E-state index contributed by atoms with van der Waals surface area (Å²) in [6.07, 6.45) is 3.78. The van der Waals surface area contributed by atoms with Gasteiger partial charge in [-0.25, -0.2) is 9.97 Å². The summed E-state index contributed by atoms with van der Waals surface area (Å²) in [5, 5.41) is 3.68. The molecular formula is C34H22N10. The zero-order valence-corrected chi connectivity index (χ0v) is 23.1. The number of fused-ring (bicyclic) bond motifs is 14. The van der Waals surface area contributed by atoms with Crippen LogP contribution in [0.1, 0.15) is 0 Å². The quantitative estimate of drug-likeness (QED) is 0.233. The minimum Gasteiger partial charge on any atom is -0.324 e. The second-order valence-corrected chi connectivity index (χ2v) is 10.4. The number of hydrogen-bond acceptors (Lipinski definition) is 6. The van der Waals surface area contributed by atoms with Crippen molar-refractivity contribution < 1.29 is 0 Å². The molecule has 2 N–H and O–H groups in total. The van der Waals surface area contributed by atoms with Crippen LogP contribution in [0.2, 0.25) is 0 Å². The molecule has 10 nitrogen and oxygen atoms in total. The Morgan fingerprint density at radius 2 is 0.705 bits per heavy atom. The summed E-state index contributed by atoms with van der Waals surface area (Å²) in [5.41, 5.74) is 5.42. The summed E-state index contributed by atoms with van der Waals surface area (Å²) in [5.74, 6) is 0.967. The van der Waals surface area contributed by atoms with Gasteiger partial charge in [0.25, 0.3) is 0 Å². The Balaban J connectivity index is 1.48. The lowest BCUT2D eigenvalue weighted by molar-refractivity contribution is 1.08. The Morgan fingerprint density at radius 3 is 1.09 bits per heavy atom. The Labute approximate surface area is 248 Å². The molecule has 9 aromatic rings. The second-order valence-electron chi connectivity index (χ2n) is 10.4. The number of H-pyrrole nitrogens is 2. The van der Waals surface area contributed by atoms with Crippen LogP contribution in [-0.2, 0) is 0 Å². The van der Waals surface area contributed by atoms with E-state index in [1.807, 2.05) is 131 Å². The zero-order valence-electron chi connectivity index (χ0n) is 23.1. The molecule has 10 heteroatoms. The smallest absolute Gasteiger partial charge is 0.238 e. The van der Waals surface area contributed by atoms with Gasteiger partial charge in [0.05, 0.1) is 12.4 Å².